The number of hydrogen-bond donors (Lipinski definition) is 1. The maximum absolute atomic E-state index is 12.1. The maximum Gasteiger partial charge on any atom is 0.343 e. The summed E-state index contributed by atoms with van der Waals surface area (Å²) in [6.45, 7) is 2.04. The average Bonchev–Trinajstić information content (AvgIpc) is 3.12. The number of carbonyl (C=O) groups is 1. The number of hydrogen-bond acceptors (Lipinski definition) is 6. The van der Waals surface area contributed by atoms with Crippen LogP contribution in [0, 0.1) is 0 Å². The summed E-state index contributed by atoms with van der Waals surface area (Å²) in [5.41, 5.74) is 1.05. The van der Waals surface area contributed by atoms with Crippen LogP contribution in [0.1, 0.15) is 17.3 Å². The van der Waals surface area contributed by atoms with E-state index in [0.717, 1.165) is 10.6 Å². The first-order chi connectivity index (χ1) is 11.7. The van der Waals surface area contributed by atoms with Gasteiger partial charge in [-0.05, 0) is 42.6 Å². The van der Waals surface area contributed by atoms with Crippen LogP contribution < -0.4 is 5.32 Å². The second kappa shape index (κ2) is 7.42. The van der Waals surface area contributed by atoms with Gasteiger partial charge in [-0.25, -0.2) is 14.8 Å². The highest BCUT2D eigenvalue weighted by atomic mass is 35.5. The molecule has 5 nitrogen and oxygen atoms in total. The van der Waals surface area contributed by atoms with Crippen molar-refractivity contribution in [3.63, 3.8) is 0 Å². The third kappa shape index (κ3) is 3.72. The number of esters is 1. The molecule has 3 rings (SSSR count). The fraction of sp³-hybridized carbons (Fsp3) is 0.118. The molecule has 1 N–H and O–H groups in total. The maximum atomic E-state index is 12.1. The van der Waals surface area contributed by atoms with E-state index in [2.05, 4.69) is 15.3 Å². The molecule has 24 heavy (non-hydrogen) atoms. The van der Waals surface area contributed by atoms with Crippen molar-refractivity contribution >= 4 is 40.4 Å². The van der Waals surface area contributed by atoms with Gasteiger partial charge >= 0.3 is 5.97 Å². The first-order valence-corrected chi connectivity index (χ1v) is 8.53. The predicted octanol–water partition coefficient (Wildman–Crippen LogP) is 4.78. The Kier molecular flexibility index (Phi) is 5.08. The third-order valence-electron chi connectivity index (χ3n) is 3.13. The highest BCUT2D eigenvalue weighted by Gasteiger charge is 2.17. The molecular weight excluding hydrogens is 346 g/mol. The zero-order valence-electron chi connectivity index (χ0n) is 12.8. The molecule has 7 heteroatoms. The first-order valence-electron chi connectivity index (χ1n) is 7.28. The van der Waals surface area contributed by atoms with Gasteiger partial charge in [0.2, 0.25) is 0 Å². The second-order valence-corrected chi connectivity index (χ2v) is 6.17. The molecule has 3 aromatic rings. The van der Waals surface area contributed by atoms with Crippen molar-refractivity contribution in [3.8, 4) is 10.7 Å². The van der Waals surface area contributed by atoms with Gasteiger partial charge in [-0.1, -0.05) is 17.7 Å². The highest BCUT2D eigenvalue weighted by molar-refractivity contribution is 7.13. The molecule has 122 valence electrons. The van der Waals surface area contributed by atoms with Crippen molar-refractivity contribution < 1.29 is 9.53 Å². The monoisotopic (exact) mass is 359 g/mol. The second-order valence-electron chi connectivity index (χ2n) is 4.79. The van der Waals surface area contributed by atoms with Crippen molar-refractivity contribution in [1.29, 1.82) is 0 Å². The number of rotatable bonds is 5. The Balaban J connectivity index is 1.99. The van der Waals surface area contributed by atoms with Crippen LogP contribution in [0.3, 0.4) is 0 Å². The Bertz CT molecular complexity index is 836. The van der Waals surface area contributed by atoms with Crippen LogP contribution >= 0.6 is 22.9 Å². The molecule has 0 radical (unpaired) electrons. The molecule has 0 aliphatic carbocycles. The van der Waals surface area contributed by atoms with Crippen molar-refractivity contribution in [3.05, 3.63) is 58.6 Å². The summed E-state index contributed by atoms with van der Waals surface area (Å²) in [4.78, 5) is 21.8. The molecular formula is C17H14ClN3O2S. The van der Waals surface area contributed by atoms with Gasteiger partial charge in [0.05, 0.1) is 11.5 Å². The molecule has 0 spiro atoms. The van der Waals surface area contributed by atoms with E-state index in [4.69, 9.17) is 16.3 Å². The van der Waals surface area contributed by atoms with Crippen LogP contribution in [0.25, 0.3) is 10.7 Å². The smallest absolute Gasteiger partial charge is 0.343 e. The van der Waals surface area contributed by atoms with Crippen LogP contribution in [0.4, 0.5) is 11.5 Å². The van der Waals surface area contributed by atoms with E-state index in [1.807, 2.05) is 29.6 Å². The number of carbonyl (C=O) groups excluding carboxylic acids is 1. The summed E-state index contributed by atoms with van der Waals surface area (Å²) in [6, 6.07) is 11.0. The van der Waals surface area contributed by atoms with E-state index in [9.17, 15) is 4.79 Å². The number of anilines is 2. The standard InChI is InChI=1S/C17H14ClN3O2S/c1-2-23-17(22)13-10-19-16(14-4-3-9-24-14)21-15(13)20-12-7-5-11(18)6-8-12/h3-10H,2H2,1H3,(H,19,20,21). The van der Waals surface area contributed by atoms with E-state index < -0.39 is 5.97 Å². The molecule has 0 unspecified atom stereocenters. The Hall–Kier alpha value is -2.44. The SMILES string of the molecule is CCOC(=O)c1cnc(-c2cccs2)nc1Nc1ccc(Cl)cc1. The van der Waals surface area contributed by atoms with Crippen LogP contribution in [-0.2, 0) is 4.74 Å². The Morgan fingerprint density at radius 1 is 1.29 bits per heavy atom. The highest BCUT2D eigenvalue weighted by Crippen LogP contribution is 2.26. The van der Waals surface area contributed by atoms with Gasteiger partial charge < -0.3 is 10.1 Å². The summed E-state index contributed by atoms with van der Waals surface area (Å²) in [7, 11) is 0. The van der Waals surface area contributed by atoms with Gasteiger partial charge in [0.1, 0.15) is 11.4 Å². The number of aromatic nitrogens is 2. The van der Waals surface area contributed by atoms with Gasteiger partial charge in [-0.15, -0.1) is 11.3 Å². The van der Waals surface area contributed by atoms with Gasteiger partial charge in [-0.3, -0.25) is 0 Å². The predicted molar refractivity (Wildman–Crippen MR) is 96.0 cm³/mol. The molecule has 0 bridgehead atoms. The van der Waals surface area contributed by atoms with Crippen molar-refractivity contribution in [1.82, 2.24) is 9.97 Å². The lowest BCUT2D eigenvalue weighted by molar-refractivity contribution is 0.0526. The minimum atomic E-state index is -0.466. The number of nitrogens with zero attached hydrogens (tertiary/aromatic N) is 2. The minimum absolute atomic E-state index is 0.284. The Morgan fingerprint density at radius 2 is 2.08 bits per heavy atom. The summed E-state index contributed by atoms with van der Waals surface area (Å²) in [5, 5.41) is 5.72. The Labute approximate surface area is 148 Å². The van der Waals surface area contributed by atoms with Crippen LogP contribution in [0.5, 0.6) is 0 Å². The van der Waals surface area contributed by atoms with Crippen molar-refractivity contribution in [2.75, 3.05) is 11.9 Å². The van der Waals surface area contributed by atoms with Crippen molar-refractivity contribution in [2.45, 2.75) is 6.92 Å². The quantitative estimate of drug-likeness (QED) is 0.664. The van der Waals surface area contributed by atoms with E-state index >= 15 is 0 Å². The van der Waals surface area contributed by atoms with E-state index in [1.54, 1.807) is 19.1 Å². The first kappa shape index (κ1) is 16.4. The Morgan fingerprint density at radius 3 is 2.75 bits per heavy atom. The fourth-order valence-electron chi connectivity index (χ4n) is 2.03. The lowest BCUT2D eigenvalue weighted by Crippen LogP contribution is -2.10. The molecule has 0 amide bonds. The lowest BCUT2D eigenvalue weighted by Gasteiger charge is -2.11. The van der Waals surface area contributed by atoms with Crippen LogP contribution in [0.2, 0.25) is 5.02 Å². The number of benzene rings is 1. The number of thiophene rings is 1. The average molecular weight is 360 g/mol. The van der Waals surface area contributed by atoms with Gasteiger partial charge in [0.25, 0.3) is 0 Å². The fourth-order valence-corrected chi connectivity index (χ4v) is 2.82. The normalized spacial score (nSPS) is 10.4. The molecule has 2 heterocycles. The number of nitrogens with one attached hydrogen (secondary N) is 1. The molecule has 2 aromatic heterocycles. The number of ether oxygens (including phenoxy) is 1. The third-order valence-corrected chi connectivity index (χ3v) is 4.25. The topological polar surface area (TPSA) is 64.1 Å². The molecule has 0 atom stereocenters. The molecule has 0 saturated carbocycles. The molecule has 0 saturated heterocycles. The minimum Gasteiger partial charge on any atom is -0.462 e. The van der Waals surface area contributed by atoms with Crippen LogP contribution in [-0.4, -0.2) is 22.5 Å². The van der Waals surface area contributed by atoms with E-state index in [1.165, 1.54) is 17.5 Å². The molecule has 0 aliphatic heterocycles. The molecule has 0 fully saturated rings. The largest absolute Gasteiger partial charge is 0.462 e. The van der Waals surface area contributed by atoms with Crippen LogP contribution in [0.15, 0.2) is 48.0 Å². The molecule has 1 aromatic carbocycles. The van der Waals surface area contributed by atoms with E-state index in [0.29, 0.717) is 16.7 Å². The zero-order valence-corrected chi connectivity index (χ0v) is 14.4. The number of halogens is 1. The summed E-state index contributed by atoms with van der Waals surface area (Å²) in [5.74, 6) is 0.482. The lowest BCUT2D eigenvalue weighted by atomic mass is 10.2. The zero-order chi connectivity index (χ0) is 16.9. The summed E-state index contributed by atoms with van der Waals surface area (Å²) in [6.07, 6.45) is 1.48. The van der Waals surface area contributed by atoms with Gasteiger partial charge in [0.15, 0.2) is 5.82 Å². The van der Waals surface area contributed by atoms with Crippen molar-refractivity contribution in [2.24, 2.45) is 0 Å². The van der Waals surface area contributed by atoms with E-state index in [-0.39, 0.29) is 12.2 Å². The summed E-state index contributed by atoms with van der Waals surface area (Å²) >= 11 is 7.44. The van der Waals surface area contributed by atoms with Gasteiger partial charge in [-0.2, -0.15) is 0 Å². The summed E-state index contributed by atoms with van der Waals surface area (Å²) < 4.78 is 5.08. The van der Waals surface area contributed by atoms with Gasteiger partial charge in [0, 0.05) is 16.9 Å². The molecule has 0 aliphatic rings.